The molecular formula is C26H29NO2. The Hall–Kier alpha value is -2.94. The fourth-order valence-corrected chi connectivity index (χ4v) is 4.70. The maximum Gasteiger partial charge on any atom is 0.195 e. The molecule has 0 radical (unpaired) electrons. The number of ether oxygens (including phenoxy) is 1. The molecule has 0 saturated carbocycles. The molecule has 1 N–H and O–H groups in total. The topological polar surface area (TPSA) is 32.7 Å². The summed E-state index contributed by atoms with van der Waals surface area (Å²) in [5.74, 6) is 1.08. The maximum atomic E-state index is 9.68. The van der Waals surface area contributed by atoms with Gasteiger partial charge in [0.2, 0.25) is 0 Å². The van der Waals surface area contributed by atoms with E-state index in [1.807, 2.05) is 6.92 Å². The maximum absolute atomic E-state index is 9.68. The molecule has 29 heavy (non-hydrogen) atoms. The van der Waals surface area contributed by atoms with Crippen LogP contribution in [0.5, 0.6) is 0 Å². The van der Waals surface area contributed by atoms with Crippen LogP contribution >= 0.6 is 0 Å². The average Bonchev–Trinajstić information content (AvgIpc) is 2.61. The van der Waals surface area contributed by atoms with E-state index in [4.69, 9.17) is 4.74 Å². The number of nitrogens with zero attached hydrogens (tertiary/aromatic N) is 1. The second-order valence-corrected chi connectivity index (χ2v) is 8.33. The predicted molar refractivity (Wildman–Crippen MR) is 121 cm³/mol. The summed E-state index contributed by atoms with van der Waals surface area (Å²) in [6, 6.07) is 11.0. The van der Waals surface area contributed by atoms with Crippen molar-refractivity contribution in [1.82, 2.24) is 0 Å². The molecular weight excluding hydrogens is 358 g/mol. The summed E-state index contributed by atoms with van der Waals surface area (Å²) in [6.45, 7) is 12.3. The molecule has 0 saturated heterocycles. The van der Waals surface area contributed by atoms with E-state index in [-0.39, 0.29) is 17.9 Å². The van der Waals surface area contributed by atoms with E-state index in [0.717, 1.165) is 5.88 Å². The molecule has 2 unspecified atom stereocenters. The number of fused-ring (bicyclic) bond motifs is 5. The second-order valence-electron chi connectivity index (χ2n) is 8.33. The largest absolute Gasteiger partial charge is 0.513 e. The SMILES string of the molecule is CC1=CC2c3cc(C)cc(C)c3C=C(OC(C)/C=C(/C)O)N2c2cccc(C)c21. The molecule has 0 aliphatic carbocycles. The summed E-state index contributed by atoms with van der Waals surface area (Å²) >= 11 is 0. The van der Waals surface area contributed by atoms with E-state index >= 15 is 0 Å². The summed E-state index contributed by atoms with van der Waals surface area (Å²) in [5, 5.41) is 9.68. The first-order valence-electron chi connectivity index (χ1n) is 10.2. The van der Waals surface area contributed by atoms with Gasteiger partial charge in [0.15, 0.2) is 5.88 Å². The minimum absolute atomic E-state index is 0.0873. The van der Waals surface area contributed by atoms with E-state index < -0.39 is 0 Å². The van der Waals surface area contributed by atoms with Crippen LogP contribution in [0.25, 0.3) is 11.6 Å². The van der Waals surface area contributed by atoms with Crippen LogP contribution in [0.3, 0.4) is 0 Å². The van der Waals surface area contributed by atoms with Crippen molar-refractivity contribution >= 4 is 17.3 Å². The number of allylic oxidation sites excluding steroid dienone is 2. The van der Waals surface area contributed by atoms with Gasteiger partial charge in [-0.2, -0.15) is 0 Å². The van der Waals surface area contributed by atoms with Gasteiger partial charge < -0.3 is 14.7 Å². The molecule has 0 amide bonds. The minimum Gasteiger partial charge on any atom is -0.513 e. The molecule has 0 spiro atoms. The number of aryl methyl sites for hydroxylation is 3. The first kappa shape index (κ1) is 19.4. The number of aliphatic hydroxyl groups is 1. The Morgan fingerprint density at radius 1 is 1.14 bits per heavy atom. The quantitative estimate of drug-likeness (QED) is 0.591. The molecule has 2 aromatic rings. The van der Waals surface area contributed by atoms with Crippen LogP contribution in [0.1, 0.15) is 60.2 Å². The lowest BCUT2D eigenvalue weighted by Gasteiger charge is -2.42. The highest BCUT2D eigenvalue weighted by atomic mass is 16.5. The first-order chi connectivity index (χ1) is 13.8. The molecule has 2 aliphatic heterocycles. The van der Waals surface area contributed by atoms with Crippen molar-refractivity contribution in [2.75, 3.05) is 4.90 Å². The molecule has 2 aliphatic rings. The van der Waals surface area contributed by atoms with E-state index in [1.54, 1.807) is 13.0 Å². The van der Waals surface area contributed by atoms with Gasteiger partial charge in [0.25, 0.3) is 0 Å². The number of hydrogen-bond acceptors (Lipinski definition) is 3. The fourth-order valence-electron chi connectivity index (χ4n) is 4.70. The fraction of sp³-hybridized carbons (Fsp3) is 0.308. The van der Waals surface area contributed by atoms with E-state index in [2.05, 4.69) is 75.1 Å². The van der Waals surface area contributed by atoms with Gasteiger partial charge in [-0.1, -0.05) is 35.9 Å². The zero-order chi connectivity index (χ0) is 20.9. The Morgan fingerprint density at radius 2 is 1.90 bits per heavy atom. The Balaban J connectivity index is 1.94. The van der Waals surface area contributed by atoms with E-state index in [1.165, 1.54) is 44.6 Å². The van der Waals surface area contributed by atoms with Gasteiger partial charge >= 0.3 is 0 Å². The van der Waals surface area contributed by atoms with Crippen LogP contribution in [-0.2, 0) is 4.74 Å². The van der Waals surface area contributed by atoms with Crippen LogP contribution in [0.2, 0.25) is 0 Å². The summed E-state index contributed by atoms with van der Waals surface area (Å²) < 4.78 is 6.37. The van der Waals surface area contributed by atoms with Crippen LogP contribution in [0.15, 0.2) is 54.1 Å². The van der Waals surface area contributed by atoms with Crippen LogP contribution in [0, 0.1) is 20.8 Å². The molecule has 0 bridgehead atoms. The standard InChI is InChI=1S/C26H29NO2/c1-15-10-17(3)21-14-25(29-20(6)13-19(5)28)27-23-9-7-8-16(2)26(23)18(4)12-24(27)22(21)11-15/h7-14,20,24,28H,1-6H3/b19-13-. The van der Waals surface area contributed by atoms with Gasteiger partial charge in [0.1, 0.15) is 6.10 Å². The van der Waals surface area contributed by atoms with Crippen molar-refractivity contribution in [2.45, 2.75) is 53.7 Å². The zero-order valence-corrected chi connectivity index (χ0v) is 18.1. The lowest BCUT2D eigenvalue weighted by atomic mass is 9.84. The summed E-state index contributed by atoms with van der Waals surface area (Å²) in [6.07, 6.45) is 5.99. The van der Waals surface area contributed by atoms with Gasteiger partial charge in [-0.05, 0) is 81.5 Å². The Bertz CT molecular complexity index is 1070. The Kier molecular flexibility index (Phi) is 4.77. The monoisotopic (exact) mass is 387 g/mol. The molecule has 4 rings (SSSR count). The molecule has 0 fully saturated rings. The molecule has 0 aromatic heterocycles. The highest BCUT2D eigenvalue weighted by molar-refractivity contribution is 5.86. The zero-order valence-electron chi connectivity index (χ0n) is 18.1. The number of anilines is 1. The normalized spacial score (nSPS) is 18.9. The number of hydrogen-bond donors (Lipinski definition) is 1. The van der Waals surface area contributed by atoms with Crippen molar-refractivity contribution < 1.29 is 9.84 Å². The van der Waals surface area contributed by atoms with Crippen LogP contribution < -0.4 is 4.90 Å². The van der Waals surface area contributed by atoms with Gasteiger partial charge in [-0.3, -0.25) is 0 Å². The minimum atomic E-state index is -0.237. The number of aliphatic hydroxyl groups excluding tert-OH is 1. The van der Waals surface area contributed by atoms with Crippen LogP contribution in [-0.4, -0.2) is 11.2 Å². The molecule has 2 heterocycles. The molecule has 150 valence electrons. The van der Waals surface area contributed by atoms with E-state index in [0.29, 0.717) is 0 Å². The molecule has 2 aromatic carbocycles. The van der Waals surface area contributed by atoms with Crippen LogP contribution in [0.4, 0.5) is 5.69 Å². The van der Waals surface area contributed by atoms with Gasteiger partial charge in [0.05, 0.1) is 17.5 Å². The van der Waals surface area contributed by atoms with Gasteiger partial charge in [-0.15, -0.1) is 0 Å². The molecule has 2 atom stereocenters. The highest BCUT2D eigenvalue weighted by Crippen LogP contribution is 2.48. The number of benzene rings is 2. The second kappa shape index (κ2) is 7.14. The van der Waals surface area contributed by atoms with E-state index in [9.17, 15) is 5.11 Å². The first-order valence-corrected chi connectivity index (χ1v) is 10.2. The van der Waals surface area contributed by atoms with Crippen molar-refractivity contribution in [2.24, 2.45) is 0 Å². The van der Waals surface area contributed by atoms with Crippen molar-refractivity contribution in [3.63, 3.8) is 0 Å². The van der Waals surface area contributed by atoms with Crippen molar-refractivity contribution in [3.8, 4) is 0 Å². The third-order valence-electron chi connectivity index (χ3n) is 5.76. The summed E-state index contributed by atoms with van der Waals surface area (Å²) in [7, 11) is 0. The van der Waals surface area contributed by atoms with Gasteiger partial charge in [0, 0.05) is 11.6 Å². The molecule has 3 heteroatoms. The van der Waals surface area contributed by atoms with Gasteiger partial charge in [-0.25, -0.2) is 0 Å². The lowest BCUT2D eigenvalue weighted by molar-refractivity contribution is 0.159. The smallest absolute Gasteiger partial charge is 0.195 e. The highest BCUT2D eigenvalue weighted by Gasteiger charge is 2.35. The summed E-state index contributed by atoms with van der Waals surface area (Å²) in [5.41, 5.74) is 10.1. The van der Waals surface area contributed by atoms with Crippen molar-refractivity contribution in [1.29, 1.82) is 0 Å². The predicted octanol–water partition coefficient (Wildman–Crippen LogP) is 6.76. The Labute approximate surface area is 173 Å². The third kappa shape index (κ3) is 3.35. The Morgan fingerprint density at radius 3 is 2.62 bits per heavy atom. The lowest BCUT2D eigenvalue weighted by Crippen LogP contribution is -2.35. The molecule has 3 nitrogen and oxygen atoms in total. The summed E-state index contributed by atoms with van der Waals surface area (Å²) in [4.78, 5) is 2.30. The number of rotatable bonds is 3. The average molecular weight is 388 g/mol. The van der Waals surface area contributed by atoms with Crippen molar-refractivity contribution in [3.05, 3.63) is 87.5 Å². The third-order valence-corrected chi connectivity index (χ3v) is 5.76.